The van der Waals surface area contributed by atoms with Crippen molar-refractivity contribution < 1.29 is 23.8 Å². The van der Waals surface area contributed by atoms with Crippen LogP contribution >= 0.6 is 0 Å². The Morgan fingerprint density at radius 3 is 2.12 bits per heavy atom. The summed E-state index contributed by atoms with van der Waals surface area (Å²) in [5, 5.41) is 11.1. The van der Waals surface area contributed by atoms with Crippen LogP contribution in [0.15, 0.2) is 60.7 Å². The number of carbonyl (C=O) groups excluding carboxylic acids is 2. The molecule has 2 N–H and O–H groups in total. The first-order valence-corrected chi connectivity index (χ1v) is 13.5. The standard InChI is InChI=1S/C31H35N5O5/c1-31(2,3)41-30(38)36-14-12-35(13-15-36)23-9-6-20(7-10-23)29(37)32-28-26-11-8-21(18-27(26)33-34-28)22-16-24(39-4)19-25(17-22)40-5/h6-11,16-19H,12-15H2,1-5H3,(H2,32,33,34,37). The van der Waals surface area contributed by atoms with Gasteiger partial charge in [-0.3, -0.25) is 9.89 Å². The highest BCUT2D eigenvalue weighted by molar-refractivity contribution is 6.08. The summed E-state index contributed by atoms with van der Waals surface area (Å²) in [4.78, 5) is 29.3. The number of piperazine rings is 1. The number of benzene rings is 3. The van der Waals surface area contributed by atoms with Gasteiger partial charge in [-0.05, 0) is 80.4 Å². The van der Waals surface area contributed by atoms with E-state index >= 15 is 0 Å². The van der Waals surface area contributed by atoms with E-state index in [4.69, 9.17) is 14.2 Å². The van der Waals surface area contributed by atoms with Crippen LogP contribution < -0.4 is 19.7 Å². The fourth-order valence-electron chi connectivity index (χ4n) is 4.75. The van der Waals surface area contributed by atoms with Gasteiger partial charge < -0.3 is 29.3 Å². The number of H-pyrrole nitrogens is 1. The molecule has 1 saturated heterocycles. The molecular weight excluding hydrogens is 522 g/mol. The van der Waals surface area contributed by atoms with Crippen molar-refractivity contribution in [2.24, 2.45) is 0 Å². The highest BCUT2D eigenvalue weighted by Crippen LogP contribution is 2.32. The summed E-state index contributed by atoms with van der Waals surface area (Å²) < 4.78 is 16.3. The van der Waals surface area contributed by atoms with Crippen molar-refractivity contribution >= 4 is 34.4 Å². The molecule has 0 atom stereocenters. The molecule has 0 unspecified atom stereocenters. The highest BCUT2D eigenvalue weighted by atomic mass is 16.6. The van der Waals surface area contributed by atoms with E-state index in [0.717, 1.165) is 27.7 Å². The number of anilines is 2. The quantitative estimate of drug-likeness (QED) is 0.320. The third-order valence-corrected chi connectivity index (χ3v) is 6.91. The molecule has 3 aromatic carbocycles. The van der Waals surface area contributed by atoms with Crippen molar-refractivity contribution in [2.45, 2.75) is 26.4 Å². The van der Waals surface area contributed by atoms with E-state index in [2.05, 4.69) is 20.4 Å². The van der Waals surface area contributed by atoms with Gasteiger partial charge in [0.05, 0.1) is 19.7 Å². The molecule has 0 bridgehead atoms. The molecule has 0 spiro atoms. The lowest BCUT2D eigenvalue weighted by Gasteiger charge is -2.36. The van der Waals surface area contributed by atoms with Gasteiger partial charge in [-0.25, -0.2) is 4.79 Å². The van der Waals surface area contributed by atoms with Crippen molar-refractivity contribution in [3.63, 3.8) is 0 Å². The number of fused-ring (bicyclic) bond motifs is 1. The average Bonchev–Trinajstić information content (AvgIpc) is 3.37. The Bertz CT molecular complexity index is 1530. The summed E-state index contributed by atoms with van der Waals surface area (Å²) in [5.41, 5.74) is 3.70. The Kier molecular flexibility index (Phi) is 7.74. The molecule has 1 aromatic heterocycles. The Balaban J connectivity index is 1.23. The van der Waals surface area contributed by atoms with Crippen molar-refractivity contribution in [2.75, 3.05) is 50.6 Å². The van der Waals surface area contributed by atoms with Crippen LogP contribution in [0.2, 0.25) is 0 Å². The minimum absolute atomic E-state index is 0.249. The summed E-state index contributed by atoms with van der Waals surface area (Å²) in [6, 6.07) is 19.0. The minimum Gasteiger partial charge on any atom is -0.497 e. The van der Waals surface area contributed by atoms with Gasteiger partial charge in [0.15, 0.2) is 5.82 Å². The largest absolute Gasteiger partial charge is 0.497 e. The number of nitrogens with zero attached hydrogens (tertiary/aromatic N) is 3. The zero-order valence-corrected chi connectivity index (χ0v) is 24.0. The number of aromatic amines is 1. The average molecular weight is 558 g/mol. The number of methoxy groups -OCH3 is 2. The third kappa shape index (κ3) is 6.37. The number of aromatic nitrogens is 2. The van der Waals surface area contributed by atoms with Crippen LogP contribution in [0.4, 0.5) is 16.3 Å². The van der Waals surface area contributed by atoms with Gasteiger partial charge in [0, 0.05) is 48.9 Å². The number of nitrogens with one attached hydrogen (secondary N) is 2. The number of hydrogen-bond acceptors (Lipinski definition) is 7. The van der Waals surface area contributed by atoms with E-state index in [-0.39, 0.29) is 12.0 Å². The van der Waals surface area contributed by atoms with Gasteiger partial charge in [-0.1, -0.05) is 6.07 Å². The monoisotopic (exact) mass is 557 g/mol. The molecular formula is C31H35N5O5. The van der Waals surface area contributed by atoms with Crippen molar-refractivity contribution in [3.05, 3.63) is 66.2 Å². The fraction of sp³-hybridized carbons (Fsp3) is 0.323. The van der Waals surface area contributed by atoms with Gasteiger partial charge in [-0.2, -0.15) is 5.10 Å². The van der Waals surface area contributed by atoms with E-state index in [1.165, 1.54) is 0 Å². The molecule has 10 nitrogen and oxygen atoms in total. The Hall–Kier alpha value is -4.73. The molecule has 41 heavy (non-hydrogen) atoms. The lowest BCUT2D eigenvalue weighted by atomic mass is 10.0. The molecule has 0 saturated carbocycles. The van der Waals surface area contributed by atoms with Crippen LogP contribution in [0.1, 0.15) is 31.1 Å². The molecule has 1 fully saturated rings. The minimum atomic E-state index is -0.513. The van der Waals surface area contributed by atoms with Gasteiger partial charge >= 0.3 is 6.09 Å². The van der Waals surface area contributed by atoms with Gasteiger partial charge in [0.2, 0.25) is 0 Å². The van der Waals surface area contributed by atoms with Gasteiger partial charge in [0.25, 0.3) is 5.91 Å². The first-order valence-electron chi connectivity index (χ1n) is 13.5. The number of ether oxygens (including phenoxy) is 3. The van der Waals surface area contributed by atoms with Gasteiger partial charge in [0.1, 0.15) is 17.1 Å². The molecule has 1 aliphatic rings. The van der Waals surface area contributed by atoms with Crippen LogP contribution in [0.5, 0.6) is 11.5 Å². The second kappa shape index (κ2) is 11.4. The summed E-state index contributed by atoms with van der Waals surface area (Å²) in [6.07, 6.45) is -0.285. The smallest absolute Gasteiger partial charge is 0.410 e. The second-order valence-electron chi connectivity index (χ2n) is 10.9. The van der Waals surface area contributed by atoms with Crippen LogP contribution in [0, 0.1) is 0 Å². The maximum atomic E-state index is 13.0. The zero-order valence-electron chi connectivity index (χ0n) is 24.0. The molecule has 2 heterocycles. The van der Waals surface area contributed by atoms with E-state index in [9.17, 15) is 9.59 Å². The second-order valence-corrected chi connectivity index (χ2v) is 10.9. The Morgan fingerprint density at radius 1 is 0.854 bits per heavy atom. The molecule has 5 rings (SSSR count). The molecule has 0 radical (unpaired) electrons. The molecule has 214 valence electrons. The van der Waals surface area contributed by atoms with Crippen LogP contribution in [0.25, 0.3) is 22.0 Å². The summed E-state index contributed by atoms with van der Waals surface area (Å²) >= 11 is 0. The number of hydrogen-bond donors (Lipinski definition) is 2. The SMILES string of the molecule is COc1cc(OC)cc(-c2ccc3c(NC(=O)c4ccc(N5CCN(C(=O)OC(C)(C)C)CC5)cc4)n[nH]c3c2)c1. The van der Waals surface area contributed by atoms with Crippen LogP contribution in [0.3, 0.4) is 0 Å². The van der Waals surface area contributed by atoms with E-state index in [1.807, 2.05) is 69.3 Å². The van der Waals surface area contributed by atoms with Gasteiger partial charge in [-0.15, -0.1) is 0 Å². The molecule has 0 aliphatic carbocycles. The predicted molar refractivity (Wildman–Crippen MR) is 159 cm³/mol. The molecule has 4 aromatic rings. The normalized spacial score (nSPS) is 13.7. The summed E-state index contributed by atoms with van der Waals surface area (Å²) in [7, 11) is 3.24. The lowest BCUT2D eigenvalue weighted by molar-refractivity contribution is 0.0240. The zero-order chi connectivity index (χ0) is 29.1. The maximum Gasteiger partial charge on any atom is 0.410 e. The fourth-order valence-corrected chi connectivity index (χ4v) is 4.75. The maximum absolute atomic E-state index is 13.0. The number of rotatable bonds is 6. The number of amides is 2. The van der Waals surface area contributed by atoms with E-state index in [1.54, 1.807) is 31.3 Å². The number of carbonyl (C=O) groups is 2. The Morgan fingerprint density at radius 2 is 1.51 bits per heavy atom. The van der Waals surface area contributed by atoms with Crippen molar-refractivity contribution in [1.82, 2.24) is 15.1 Å². The predicted octanol–water partition coefficient (Wildman–Crippen LogP) is 5.56. The first kappa shape index (κ1) is 27.8. The van der Waals surface area contributed by atoms with Crippen LogP contribution in [-0.2, 0) is 4.74 Å². The van der Waals surface area contributed by atoms with Crippen molar-refractivity contribution in [1.29, 1.82) is 0 Å². The van der Waals surface area contributed by atoms with E-state index < -0.39 is 5.60 Å². The molecule has 2 amide bonds. The highest BCUT2D eigenvalue weighted by Gasteiger charge is 2.26. The topological polar surface area (TPSA) is 109 Å². The molecule has 1 aliphatic heterocycles. The van der Waals surface area contributed by atoms with Crippen molar-refractivity contribution in [3.8, 4) is 22.6 Å². The first-order chi connectivity index (χ1) is 19.6. The summed E-state index contributed by atoms with van der Waals surface area (Å²) in [5.74, 6) is 1.61. The molecule has 10 heteroatoms. The van der Waals surface area contributed by atoms with Crippen LogP contribution in [-0.4, -0.2) is 73.1 Å². The Labute approximate surface area is 239 Å². The van der Waals surface area contributed by atoms with E-state index in [0.29, 0.717) is 49.1 Å². The summed E-state index contributed by atoms with van der Waals surface area (Å²) in [6.45, 7) is 8.14. The third-order valence-electron chi connectivity index (χ3n) is 6.91. The lowest BCUT2D eigenvalue weighted by Crippen LogP contribution is -2.50.